The van der Waals surface area contributed by atoms with Gasteiger partial charge in [0.05, 0.1) is 0 Å². The minimum Gasteiger partial charge on any atom is -0.0839 e. The van der Waals surface area contributed by atoms with Crippen LogP contribution in [0.4, 0.5) is 0 Å². The number of hydrogen-bond donors (Lipinski definition) is 0. The molecule has 0 amide bonds. The average Bonchev–Trinajstić information content (AvgIpc) is 1.94. The summed E-state index contributed by atoms with van der Waals surface area (Å²) >= 11 is 0. The summed E-state index contributed by atoms with van der Waals surface area (Å²) in [5.74, 6) is 0. The number of hydrogen-bond acceptors (Lipinski definition) is 0. The molecule has 0 bridgehead atoms. The minimum absolute atomic E-state index is 1.14. The van der Waals surface area contributed by atoms with Crippen molar-refractivity contribution < 1.29 is 0 Å². The zero-order valence-electron chi connectivity index (χ0n) is 6.52. The molecule has 0 fully saturated rings. The first-order valence-corrected chi connectivity index (χ1v) is 3.55. The second-order valence-corrected chi connectivity index (χ2v) is 1.84. The number of allylic oxidation sites excluding steroid dienone is 4. The molecule has 0 aliphatic heterocycles. The van der Waals surface area contributed by atoms with Crippen molar-refractivity contribution in [3.8, 4) is 0 Å². The summed E-state index contributed by atoms with van der Waals surface area (Å²) in [4.78, 5) is 0. The maximum atomic E-state index is 2.16. The zero-order chi connectivity index (χ0) is 7.11. The van der Waals surface area contributed by atoms with Crippen LogP contribution < -0.4 is 0 Å². The van der Waals surface area contributed by atoms with Gasteiger partial charge in [0.25, 0.3) is 0 Å². The first-order valence-electron chi connectivity index (χ1n) is 3.55. The van der Waals surface area contributed by atoms with Crippen molar-refractivity contribution in [2.24, 2.45) is 0 Å². The fourth-order valence-corrected chi connectivity index (χ4v) is 0.620. The molecule has 0 aromatic carbocycles. The largest absolute Gasteiger partial charge is 0.0839 e. The molecule has 0 saturated heterocycles. The van der Waals surface area contributed by atoms with E-state index in [0.29, 0.717) is 0 Å². The summed E-state index contributed by atoms with van der Waals surface area (Å²) in [5.41, 5.74) is 1.45. The molecule has 1 rings (SSSR count). The van der Waals surface area contributed by atoms with Gasteiger partial charge in [0, 0.05) is 6.42 Å². The molecular weight excluding hydrogens is 108 g/mol. The molecule has 51 valence electrons. The van der Waals surface area contributed by atoms with E-state index in [-0.39, 0.29) is 0 Å². The smallest absolute Gasteiger partial charge is 0.00470 e. The van der Waals surface area contributed by atoms with Crippen LogP contribution in [0.1, 0.15) is 27.2 Å². The van der Waals surface area contributed by atoms with Crippen LogP contribution in [-0.2, 0) is 0 Å². The van der Waals surface area contributed by atoms with Gasteiger partial charge in [-0.25, -0.2) is 0 Å². The van der Waals surface area contributed by atoms with E-state index in [1.807, 2.05) is 13.8 Å². The highest BCUT2D eigenvalue weighted by Crippen LogP contribution is 2.07. The highest BCUT2D eigenvalue weighted by atomic mass is 13.9. The zero-order valence-corrected chi connectivity index (χ0v) is 6.52. The molecule has 1 radical (unpaired) electrons. The van der Waals surface area contributed by atoms with E-state index in [4.69, 9.17) is 0 Å². The maximum absolute atomic E-state index is 2.16. The third-order valence-corrected chi connectivity index (χ3v) is 1.07. The van der Waals surface area contributed by atoms with Gasteiger partial charge in [0.1, 0.15) is 0 Å². The van der Waals surface area contributed by atoms with Gasteiger partial charge in [-0.2, -0.15) is 0 Å². The Morgan fingerprint density at radius 1 is 1.33 bits per heavy atom. The molecule has 1 aliphatic carbocycles. The average molecular weight is 123 g/mol. The fourth-order valence-electron chi connectivity index (χ4n) is 0.620. The van der Waals surface area contributed by atoms with Gasteiger partial charge in [0.15, 0.2) is 0 Å². The van der Waals surface area contributed by atoms with Gasteiger partial charge in [-0.1, -0.05) is 37.6 Å². The van der Waals surface area contributed by atoms with Crippen molar-refractivity contribution in [2.45, 2.75) is 27.2 Å². The molecule has 0 unspecified atom stereocenters. The highest BCUT2D eigenvalue weighted by Gasteiger charge is 1.87. The molecule has 0 saturated carbocycles. The van der Waals surface area contributed by atoms with Crippen LogP contribution >= 0.6 is 0 Å². The van der Waals surface area contributed by atoms with Gasteiger partial charge in [-0.3, -0.25) is 0 Å². The van der Waals surface area contributed by atoms with E-state index < -0.39 is 0 Å². The van der Waals surface area contributed by atoms with E-state index in [9.17, 15) is 0 Å². The summed E-state index contributed by atoms with van der Waals surface area (Å²) in [5, 5.41) is 0. The predicted molar refractivity (Wildman–Crippen MR) is 43.2 cm³/mol. The first kappa shape index (κ1) is 8.48. The van der Waals surface area contributed by atoms with Gasteiger partial charge in [0.2, 0.25) is 0 Å². The molecular formula is C9H15. The fraction of sp³-hybridized carbons (Fsp3) is 0.444. The third kappa shape index (κ3) is 4.01. The van der Waals surface area contributed by atoms with E-state index in [1.165, 1.54) is 5.57 Å². The van der Waals surface area contributed by atoms with E-state index in [1.54, 1.807) is 0 Å². The lowest BCUT2D eigenvalue weighted by molar-refractivity contribution is 1.18. The van der Waals surface area contributed by atoms with Crippen LogP contribution in [0.15, 0.2) is 23.8 Å². The van der Waals surface area contributed by atoms with Crippen LogP contribution in [0.5, 0.6) is 0 Å². The normalized spacial score (nSPS) is 15.7. The van der Waals surface area contributed by atoms with Crippen LogP contribution in [0.25, 0.3) is 0 Å². The highest BCUT2D eigenvalue weighted by molar-refractivity contribution is 5.21. The van der Waals surface area contributed by atoms with Crippen molar-refractivity contribution in [1.29, 1.82) is 0 Å². The Morgan fingerprint density at radius 2 is 2.00 bits per heavy atom. The summed E-state index contributed by atoms with van der Waals surface area (Å²) in [6.07, 6.45) is 9.58. The molecule has 0 aromatic rings. The summed E-state index contributed by atoms with van der Waals surface area (Å²) < 4.78 is 0. The standard InChI is InChI=1S/C7H9.C2H6/c1-7-5-3-2-4-6-7;1-2/h2-5H,6H2,1H3;1-2H3. The molecule has 0 atom stereocenters. The molecule has 0 heterocycles. The summed E-state index contributed by atoms with van der Waals surface area (Å²) in [6, 6.07) is 0. The minimum atomic E-state index is 1.14. The SMILES string of the molecule is CC.CC1=C[CH]C=CC1. The Balaban J connectivity index is 0.000000291. The Hall–Kier alpha value is -0.520. The van der Waals surface area contributed by atoms with Gasteiger partial charge in [-0.15, -0.1) is 0 Å². The second-order valence-electron chi connectivity index (χ2n) is 1.84. The molecule has 0 N–H and O–H groups in total. The molecule has 0 heteroatoms. The second kappa shape index (κ2) is 5.61. The van der Waals surface area contributed by atoms with Crippen LogP contribution in [0.2, 0.25) is 0 Å². The van der Waals surface area contributed by atoms with Crippen molar-refractivity contribution in [3.05, 3.63) is 30.2 Å². The lowest BCUT2D eigenvalue weighted by atomic mass is 10.1. The first-order chi connectivity index (χ1) is 4.39. The number of rotatable bonds is 0. The van der Waals surface area contributed by atoms with E-state index in [2.05, 4.69) is 31.6 Å². The van der Waals surface area contributed by atoms with E-state index >= 15 is 0 Å². The monoisotopic (exact) mass is 123 g/mol. The Bertz CT molecular complexity index is 107. The maximum Gasteiger partial charge on any atom is 0.00470 e. The molecule has 1 aliphatic rings. The molecule has 9 heavy (non-hydrogen) atoms. The quantitative estimate of drug-likeness (QED) is 0.464. The van der Waals surface area contributed by atoms with Crippen LogP contribution in [0, 0.1) is 6.42 Å². The van der Waals surface area contributed by atoms with Gasteiger partial charge < -0.3 is 0 Å². The van der Waals surface area contributed by atoms with Crippen molar-refractivity contribution in [1.82, 2.24) is 0 Å². The summed E-state index contributed by atoms with van der Waals surface area (Å²) in [6.45, 7) is 6.14. The van der Waals surface area contributed by atoms with Gasteiger partial charge in [-0.05, 0) is 13.3 Å². The van der Waals surface area contributed by atoms with E-state index in [0.717, 1.165) is 6.42 Å². The van der Waals surface area contributed by atoms with Crippen molar-refractivity contribution >= 4 is 0 Å². The Labute approximate surface area is 58.3 Å². The Kier molecular flexibility index (Phi) is 5.29. The van der Waals surface area contributed by atoms with Crippen molar-refractivity contribution in [3.63, 3.8) is 0 Å². The lowest BCUT2D eigenvalue weighted by Gasteiger charge is -1.97. The molecule has 0 nitrogen and oxygen atoms in total. The lowest BCUT2D eigenvalue weighted by Crippen LogP contribution is -1.78. The summed E-state index contributed by atoms with van der Waals surface area (Å²) in [7, 11) is 0. The molecule has 0 spiro atoms. The predicted octanol–water partition coefficient (Wildman–Crippen LogP) is 3.12. The van der Waals surface area contributed by atoms with Crippen LogP contribution in [0.3, 0.4) is 0 Å². The van der Waals surface area contributed by atoms with Crippen molar-refractivity contribution in [2.75, 3.05) is 0 Å². The topological polar surface area (TPSA) is 0 Å². The third-order valence-electron chi connectivity index (χ3n) is 1.07. The van der Waals surface area contributed by atoms with Gasteiger partial charge >= 0.3 is 0 Å². The van der Waals surface area contributed by atoms with Crippen LogP contribution in [-0.4, -0.2) is 0 Å². The molecule has 0 aromatic heterocycles. The Morgan fingerprint density at radius 3 is 2.22 bits per heavy atom.